The third kappa shape index (κ3) is 3.60. The molecule has 0 radical (unpaired) electrons. The van der Waals surface area contributed by atoms with Gasteiger partial charge >= 0.3 is 6.03 Å². The Labute approximate surface area is 105 Å². The Balaban J connectivity index is 2.70. The molecule has 100 valence electrons. The summed E-state index contributed by atoms with van der Waals surface area (Å²) < 4.78 is 0. The number of amides is 2. The molecule has 4 heteroatoms. The summed E-state index contributed by atoms with van der Waals surface area (Å²) in [5, 5.41) is 0. The van der Waals surface area contributed by atoms with Crippen molar-refractivity contribution in [3.05, 3.63) is 0 Å². The van der Waals surface area contributed by atoms with Gasteiger partial charge in [-0.05, 0) is 33.6 Å². The molecular formula is C13H27N3O. The number of nitrogens with zero attached hydrogens (tertiary/aromatic N) is 2. The summed E-state index contributed by atoms with van der Waals surface area (Å²) >= 11 is 0. The van der Waals surface area contributed by atoms with Gasteiger partial charge in [0.2, 0.25) is 0 Å². The molecule has 1 heterocycles. The molecule has 4 nitrogen and oxygen atoms in total. The van der Waals surface area contributed by atoms with Gasteiger partial charge in [-0.1, -0.05) is 12.8 Å². The van der Waals surface area contributed by atoms with E-state index in [0.717, 1.165) is 32.5 Å². The molecule has 1 rings (SSSR count). The number of urea groups is 1. The van der Waals surface area contributed by atoms with Gasteiger partial charge < -0.3 is 15.5 Å². The van der Waals surface area contributed by atoms with E-state index in [2.05, 4.69) is 0 Å². The van der Waals surface area contributed by atoms with Gasteiger partial charge in [0.25, 0.3) is 0 Å². The molecule has 1 saturated heterocycles. The summed E-state index contributed by atoms with van der Waals surface area (Å²) in [6.45, 7) is 9.11. The third-order valence-corrected chi connectivity index (χ3v) is 3.65. The predicted molar refractivity (Wildman–Crippen MR) is 71.0 cm³/mol. The number of hydrogen-bond acceptors (Lipinski definition) is 2. The van der Waals surface area contributed by atoms with Gasteiger partial charge in [0, 0.05) is 26.2 Å². The Morgan fingerprint density at radius 3 is 2.18 bits per heavy atom. The van der Waals surface area contributed by atoms with Gasteiger partial charge in [-0.3, -0.25) is 0 Å². The highest BCUT2D eigenvalue weighted by Crippen LogP contribution is 2.18. The normalized spacial score (nSPS) is 17.8. The Morgan fingerprint density at radius 2 is 1.76 bits per heavy atom. The van der Waals surface area contributed by atoms with E-state index in [1.807, 2.05) is 30.6 Å². The summed E-state index contributed by atoms with van der Waals surface area (Å²) in [6.07, 6.45) is 4.76. The van der Waals surface area contributed by atoms with Crippen LogP contribution in [0.1, 0.15) is 46.5 Å². The second-order valence-electron chi connectivity index (χ2n) is 5.44. The first-order chi connectivity index (χ1) is 8.03. The second kappa shape index (κ2) is 6.24. The fourth-order valence-electron chi connectivity index (χ4n) is 2.37. The minimum Gasteiger partial charge on any atom is -0.328 e. The van der Waals surface area contributed by atoms with Crippen LogP contribution < -0.4 is 5.73 Å². The lowest BCUT2D eigenvalue weighted by Crippen LogP contribution is -2.56. The van der Waals surface area contributed by atoms with Crippen LogP contribution in [0.25, 0.3) is 0 Å². The lowest BCUT2D eigenvalue weighted by molar-refractivity contribution is 0.109. The van der Waals surface area contributed by atoms with Crippen molar-refractivity contribution in [2.45, 2.75) is 52.0 Å². The van der Waals surface area contributed by atoms with Crippen LogP contribution >= 0.6 is 0 Å². The number of carbonyl (C=O) groups is 1. The van der Waals surface area contributed by atoms with Crippen molar-refractivity contribution in [2.75, 3.05) is 26.2 Å². The quantitative estimate of drug-likeness (QED) is 0.822. The Morgan fingerprint density at radius 1 is 1.24 bits per heavy atom. The standard InChI is InChI=1S/C13H27N3O/c1-4-16(13(2,3)11-14)12(17)15-9-7-5-6-8-10-15/h4-11,14H2,1-3H3. The average molecular weight is 241 g/mol. The smallest absolute Gasteiger partial charge is 0.320 e. The predicted octanol–water partition coefficient (Wildman–Crippen LogP) is 2.04. The van der Waals surface area contributed by atoms with Crippen LogP contribution in [-0.2, 0) is 0 Å². The number of likely N-dealkylation sites (N-methyl/N-ethyl adjacent to an activating group) is 1. The molecule has 0 aromatic carbocycles. The highest BCUT2D eigenvalue weighted by molar-refractivity contribution is 5.75. The number of hydrogen-bond donors (Lipinski definition) is 1. The molecule has 0 bridgehead atoms. The lowest BCUT2D eigenvalue weighted by Gasteiger charge is -2.40. The van der Waals surface area contributed by atoms with Crippen molar-refractivity contribution in [3.63, 3.8) is 0 Å². The molecule has 17 heavy (non-hydrogen) atoms. The lowest BCUT2D eigenvalue weighted by atomic mass is 10.0. The van der Waals surface area contributed by atoms with Crippen molar-refractivity contribution in [3.8, 4) is 0 Å². The monoisotopic (exact) mass is 241 g/mol. The van der Waals surface area contributed by atoms with E-state index in [-0.39, 0.29) is 11.6 Å². The second-order valence-corrected chi connectivity index (χ2v) is 5.44. The zero-order valence-electron chi connectivity index (χ0n) is 11.5. The Hall–Kier alpha value is -0.770. The minimum atomic E-state index is -0.252. The first-order valence-corrected chi connectivity index (χ1v) is 6.79. The van der Waals surface area contributed by atoms with Crippen molar-refractivity contribution in [1.82, 2.24) is 9.80 Å². The summed E-state index contributed by atoms with van der Waals surface area (Å²) in [5.41, 5.74) is 5.52. The molecule has 1 fully saturated rings. The fourth-order valence-corrected chi connectivity index (χ4v) is 2.37. The zero-order valence-corrected chi connectivity index (χ0v) is 11.5. The zero-order chi connectivity index (χ0) is 12.9. The van der Waals surface area contributed by atoms with Crippen LogP contribution in [0.4, 0.5) is 4.79 Å². The van der Waals surface area contributed by atoms with Crippen LogP contribution in [-0.4, -0.2) is 47.5 Å². The summed E-state index contributed by atoms with van der Waals surface area (Å²) in [7, 11) is 0. The van der Waals surface area contributed by atoms with Crippen LogP contribution in [0.2, 0.25) is 0 Å². The highest BCUT2D eigenvalue weighted by Gasteiger charge is 2.31. The van der Waals surface area contributed by atoms with Crippen LogP contribution in [0, 0.1) is 0 Å². The van der Waals surface area contributed by atoms with Crippen LogP contribution in [0.3, 0.4) is 0 Å². The molecule has 1 aliphatic rings. The van der Waals surface area contributed by atoms with Gasteiger partial charge in [0.05, 0.1) is 5.54 Å². The van der Waals surface area contributed by atoms with E-state index in [9.17, 15) is 4.79 Å². The van der Waals surface area contributed by atoms with Gasteiger partial charge in [0.1, 0.15) is 0 Å². The maximum atomic E-state index is 12.5. The van der Waals surface area contributed by atoms with Crippen molar-refractivity contribution in [1.29, 1.82) is 0 Å². The molecule has 0 aliphatic carbocycles. The maximum absolute atomic E-state index is 12.5. The molecule has 0 aromatic rings. The fraction of sp³-hybridized carbons (Fsp3) is 0.923. The van der Waals surface area contributed by atoms with Crippen molar-refractivity contribution in [2.24, 2.45) is 5.73 Å². The van der Waals surface area contributed by atoms with Crippen molar-refractivity contribution < 1.29 is 4.79 Å². The Kier molecular flexibility index (Phi) is 5.25. The number of rotatable bonds is 3. The third-order valence-electron chi connectivity index (χ3n) is 3.65. The summed E-state index contributed by atoms with van der Waals surface area (Å²) in [6, 6.07) is 0.157. The molecule has 0 spiro atoms. The maximum Gasteiger partial charge on any atom is 0.320 e. The number of nitrogens with two attached hydrogens (primary N) is 1. The van der Waals surface area contributed by atoms with E-state index in [1.165, 1.54) is 12.8 Å². The molecule has 0 atom stereocenters. The summed E-state index contributed by atoms with van der Waals surface area (Å²) in [5.74, 6) is 0. The minimum absolute atomic E-state index is 0.157. The number of carbonyl (C=O) groups excluding carboxylic acids is 1. The first kappa shape index (κ1) is 14.3. The molecule has 2 N–H and O–H groups in total. The van der Waals surface area contributed by atoms with E-state index in [1.54, 1.807) is 0 Å². The van der Waals surface area contributed by atoms with E-state index in [0.29, 0.717) is 6.54 Å². The molecule has 1 aliphatic heterocycles. The van der Waals surface area contributed by atoms with Gasteiger partial charge in [0.15, 0.2) is 0 Å². The SMILES string of the molecule is CCN(C(=O)N1CCCCCC1)C(C)(C)CN. The van der Waals surface area contributed by atoms with E-state index in [4.69, 9.17) is 5.73 Å². The van der Waals surface area contributed by atoms with Gasteiger partial charge in [-0.15, -0.1) is 0 Å². The molecule has 0 unspecified atom stereocenters. The summed E-state index contributed by atoms with van der Waals surface area (Å²) in [4.78, 5) is 16.4. The molecule has 0 aromatic heterocycles. The molecule has 2 amide bonds. The average Bonchev–Trinajstić information content (AvgIpc) is 2.58. The van der Waals surface area contributed by atoms with Crippen LogP contribution in [0.15, 0.2) is 0 Å². The van der Waals surface area contributed by atoms with Gasteiger partial charge in [-0.2, -0.15) is 0 Å². The van der Waals surface area contributed by atoms with Gasteiger partial charge in [-0.25, -0.2) is 4.79 Å². The van der Waals surface area contributed by atoms with Crippen LogP contribution in [0.5, 0.6) is 0 Å². The Bertz CT molecular complexity index is 245. The largest absolute Gasteiger partial charge is 0.328 e. The molecular weight excluding hydrogens is 214 g/mol. The first-order valence-electron chi connectivity index (χ1n) is 6.79. The number of likely N-dealkylation sites (tertiary alicyclic amines) is 1. The molecule has 0 saturated carbocycles. The van der Waals surface area contributed by atoms with E-state index < -0.39 is 0 Å². The van der Waals surface area contributed by atoms with E-state index >= 15 is 0 Å². The topological polar surface area (TPSA) is 49.6 Å². The van der Waals surface area contributed by atoms with Crippen molar-refractivity contribution >= 4 is 6.03 Å². The highest BCUT2D eigenvalue weighted by atomic mass is 16.2.